The maximum Gasteiger partial charge on any atom is 0.287 e. The van der Waals surface area contributed by atoms with E-state index in [-0.39, 0.29) is 23.6 Å². The molecule has 2 rings (SSSR count). The number of hydrogen-bond donors (Lipinski definition) is 1. The number of likely N-dealkylation sites (tertiary alicyclic amines) is 1. The van der Waals surface area contributed by atoms with E-state index in [0.29, 0.717) is 31.7 Å². The molecule has 20 heavy (non-hydrogen) atoms. The predicted molar refractivity (Wildman–Crippen MR) is 72.5 cm³/mol. The molecule has 1 amide bonds. The highest BCUT2D eigenvalue weighted by molar-refractivity contribution is 5.93. The fourth-order valence-electron chi connectivity index (χ4n) is 2.52. The van der Waals surface area contributed by atoms with Gasteiger partial charge in [0.15, 0.2) is 0 Å². The van der Waals surface area contributed by atoms with Crippen molar-refractivity contribution in [3.8, 4) is 0 Å². The van der Waals surface area contributed by atoms with Gasteiger partial charge in [0.1, 0.15) is 5.69 Å². The van der Waals surface area contributed by atoms with Crippen LogP contribution in [0.25, 0.3) is 0 Å². The maximum absolute atomic E-state index is 12.5. The third kappa shape index (κ3) is 2.67. The molecule has 2 heterocycles. The van der Waals surface area contributed by atoms with Crippen molar-refractivity contribution in [1.29, 1.82) is 0 Å². The molecular weight excluding hydrogens is 262 g/mol. The lowest BCUT2D eigenvalue weighted by Crippen LogP contribution is -2.45. The second kappa shape index (κ2) is 5.62. The highest BCUT2D eigenvalue weighted by Crippen LogP contribution is 2.22. The van der Waals surface area contributed by atoms with Gasteiger partial charge in [-0.3, -0.25) is 14.9 Å². The van der Waals surface area contributed by atoms with Crippen LogP contribution in [0.3, 0.4) is 0 Å². The van der Waals surface area contributed by atoms with E-state index in [0.717, 1.165) is 0 Å². The van der Waals surface area contributed by atoms with Crippen molar-refractivity contribution in [3.63, 3.8) is 0 Å². The second-order valence-electron chi connectivity index (χ2n) is 5.21. The summed E-state index contributed by atoms with van der Waals surface area (Å²) in [5.41, 5.74) is 0.267. The first-order valence-corrected chi connectivity index (χ1v) is 6.76. The number of aliphatic hydroxyl groups is 1. The summed E-state index contributed by atoms with van der Waals surface area (Å²) >= 11 is 0. The van der Waals surface area contributed by atoms with Gasteiger partial charge in [0.05, 0.1) is 17.2 Å². The molecule has 0 bridgehead atoms. The molecular formula is C13H19N3O4. The van der Waals surface area contributed by atoms with Gasteiger partial charge in [-0.1, -0.05) is 6.92 Å². The lowest BCUT2D eigenvalue weighted by molar-refractivity contribution is -0.384. The van der Waals surface area contributed by atoms with E-state index in [9.17, 15) is 20.0 Å². The monoisotopic (exact) mass is 281 g/mol. The number of hydrogen-bond acceptors (Lipinski definition) is 4. The Balaban J connectivity index is 2.22. The Morgan fingerprint density at radius 2 is 2.30 bits per heavy atom. The Morgan fingerprint density at radius 1 is 1.60 bits per heavy atom. The van der Waals surface area contributed by atoms with Gasteiger partial charge < -0.3 is 14.6 Å². The van der Waals surface area contributed by atoms with Crippen molar-refractivity contribution in [2.24, 2.45) is 5.92 Å². The van der Waals surface area contributed by atoms with Crippen LogP contribution in [0.5, 0.6) is 0 Å². The number of aliphatic hydroxyl groups excluding tert-OH is 1. The first-order chi connectivity index (χ1) is 9.43. The molecule has 0 radical (unpaired) electrons. The molecule has 1 saturated heterocycles. The molecule has 2 atom stereocenters. The van der Waals surface area contributed by atoms with Gasteiger partial charge in [-0.2, -0.15) is 0 Å². The molecule has 0 saturated carbocycles. The standard InChI is InChI=1S/C13H19N3O4/c1-3-14-8-10(16(19)20)6-11(14)13(18)15-5-4-12(17)9(2)7-15/h6,8-9,12,17H,3-5,7H2,1-2H3. The van der Waals surface area contributed by atoms with Crippen molar-refractivity contribution >= 4 is 11.6 Å². The molecule has 0 spiro atoms. The summed E-state index contributed by atoms with van der Waals surface area (Å²) in [5.74, 6) is -0.188. The number of carbonyl (C=O) groups is 1. The Labute approximate surface area is 116 Å². The van der Waals surface area contributed by atoms with Crippen molar-refractivity contribution in [2.75, 3.05) is 13.1 Å². The topological polar surface area (TPSA) is 88.6 Å². The van der Waals surface area contributed by atoms with Crippen LogP contribution < -0.4 is 0 Å². The quantitative estimate of drug-likeness (QED) is 0.667. The molecule has 1 aromatic heterocycles. The van der Waals surface area contributed by atoms with Crippen LogP contribution in [-0.2, 0) is 6.54 Å². The number of aryl methyl sites for hydroxylation is 1. The van der Waals surface area contributed by atoms with Crippen molar-refractivity contribution < 1.29 is 14.8 Å². The second-order valence-corrected chi connectivity index (χ2v) is 5.21. The van der Waals surface area contributed by atoms with Crippen LogP contribution in [0.1, 0.15) is 30.8 Å². The normalized spacial score (nSPS) is 22.9. The number of nitrogens with zero attached hydrogens (tertiary/aromatic N) is 3. The van der Waals surface area contributed by atoms with Gasteiger partial charge in [0.25, 0.3) is 11.6 Å². The van der Waals surface area contributed by atoms with Gasteiger partial charge in [-0.15, -0.1) is 0 Å². The van der Waals surface area contributed by atoms with Crippen molar-refractivity contribution in [1.82, 2.24) is 9.47 Å². The number of amides is 1. The minimum Gasteiger partial charge on any atom is -0.393 e. The number of carbonyl (C=O) groups excluding carboxylic acids is 1. The molecule has 110 valence electrons. The minimum absolute atomic E-state index is 0.0210. The molecule has 1 aliphatic heterocycles. The maximum atomic E-state index is 12.5. The highest BCUT2D eigenvalue weighted by atomic mass is 16.6. The minimum atomic E-state index is -0.495. The highest BCUT2D eigenvalue weighted by Gasteiger charge is 2.30. The third-order valence-electron chi connectivity index (χ3n) is 3.80. The van der Waals surface area contributed by atoms with Crippen molar-refractivity contribution in [2.45, 2.75) is 32.9 Å². The zero-order chi connectivity index (χ0) is 14.9. The summed E-state index contributed by atoms with van der Waals surface area (Å²) in [6.45, 7) is 5.19. The molecule has 0 aromatic carbocycles. The van der Waals surface area contributed by atoms with E-state index in [1.54, 1.807) is 9.47 Å². The number of nitro groups is 1. The molecule has 7 heteroatoms. The smallest absolute Gasteiger partial charge is 0.287 e. The van der Waals surface area contributed by atoms with E-state index in [4.69, 9.17) is 0 Å². The number of piperidine rings is 1. The summed E-state index contributed by atoms with van der Waals surface area (Å²) < 4.78 is 1.59. The SMILES string of the molecule is CCn1cc([N+](=O)[O-])cc1C(=O)N1CCC(O)C(C)C1. The van der Waals surface area contributed by atoms with E-state index >= 15 is 0 Å². The summed E-state index contributed by atoms with van der Waals surface area (Å²) in [6, 6.07) is 1.32. The Morgan fingerprint density at radius 3 is 2.85 bits per heavy atom. The number of aromatic nitrogens is 1. The van der Waals surface area contributed by atoms with Crippen LogP contribution in [-0.4, -0.2) is 44.6 Å². The molecule has 7 nitrogen and oxygen atoms in total. The Bertz CT molecular complexity index is 526. The number of rotatable bonds is 3. The average molecular weight is 281 g/mol. The molecule has 1 aliphatic rings. The van der Waals surface area contributed by atoms with Gasteiger partial charge in [-0.25, -0.2) is 0 Å². The summed E-state index contributed by atoms with van der Waals surface area (Å²) in [4.78, 5) is 24.4. The molecule has 2 unspecified atom stereocenters. The van der Waals surface area contributed by atoms with Crippen LogP contribution in [0.15, 0.2) is 12.3 Å². The third-order valence-corrected chi connectivity index (χ3v) is 3.80. The van der Waals surface area contributed by atoms with Gasteiger partial charge in [0, 0.05) is 25.7 Å². The van der Waals surface area contributed by atoms with Crippen LogP contribution in [0.4, 0.5) is 5.69 Å². The lowest BCUT2D eigenvalue weighted by atomic mass is 9.96. The van der Waals surface area contributed by atoms with Crippen LogP contribution >= 0.6 is 0 Å². The van der Waals surface area contributed by atoms with E-state index < -0.39 is 4.92 Å². The van der Waals surface area contributed by atoms with Crippen molar-refractivity contribution in [3.05, 3.63) is 28.1 Å². The summed E-state index contributed by atoms with van der Waals surface area (Å²) in [6.07, 6.45) is 1.54. The zero-order valence-electron chi connectivity index (χ0n) is 11.7. The Hall–Kier alpha value is -1.89. The van der Waals surface area contributed by atoms with Crippen LogP contribution in [0, 0.1) is 16.0 Å². The van der Waals surface area contributed by atoms with Gasteiger partial charge in [0.2, 0.25) is 0 Å². The molecule has 0 aliphatic carbocycles. The fraction of sp³-hybridized carbons (Fsp3) is 0.615. The van der Waals surface area contributed by atoms with E-state index in [1.807, 2.05) is 13.8 Å². The van der Waals surface area contributed by atoms with Crippen LogP contribution in [0.2, 0.25) is 0 Å². The molecule has 1 fully saturated rings. The average Bonchev–Trinajstić information content (AvgIpc) is 2.85. The largest absolute Gasteiger partial charge is 0.393 e. The summed E-state index contributed by atoms with van der Waals surface area (Å²) in [5, 5.41) is 20.5. The fourth-order valence-corrected chi connectivity index (χ4v) is 2.52. The predicted octanol–water partition coefficient (Wildman–Crippen LogP) is 1.26. The zero-order valence-corrected chi connectivity index (χ0v) is 11.7. The van der Waals surface area contributed by atoms with Gasteiger partial charge in [-0.05, 0) is 19.3 Å². The Kier molecular flexibility index (Phi) is 4.08. The first kappa shape index (κ1) is 14.5. The molecule has 1 aromatic rings. The van der Waals surface area contributed by atoms with E-state index in [1.165, 1.54) is 12.3 Å². The van der Waals surface area contributed by atoms with Gasteiger partial charge >= 0.3 is 0 Å². The molecule has 1 N–H and O–H groups in total. The van der Waals surface area contributed by atoms with E-state index in [2.05, 4.69) is 0 Å². The lowest BCUT2D eigenvalue weighted by Gasteiger charge is -2.34. The summed E-state index contributed by atoms with van der Waals surface area (Å²) in [7, 11) is 0. The first-order valence-electron chi connectivity index (χ1n) is 6.76.